The van der Waals surface area contributed by atoms with E-state index in [0.717, 1.165) is 36.0 Å². The van der Waals surface area contributed by atoms with Gasteiger partial charge >= 0.3 is 0 Å². The summed E-state index contributed by atoms with van der Waals surface area (Å²) >= 11 is 6.43. The van der Waals surface area contributed by atoms with E-state index in [2.05, 4.69) is 36.1 Å². The van der Waals surface area contributed by atoms with Crippen LogP contribution in [0.15, 0.2) is 0 Å². The molecule has 0 saturated carbocycles. The van der Waals surface area contributed by atoms with Crippen molar-refractivity contribution in [1.29, 1.82) is 0 Å². The van der Waals surface area contributed by atoms with Gasteiger partial charge in [-0.25, -0.2) is 0 Å². The average molecular weight is 313 g/mol. The molecular weight excluding hydrogens is 284 g/mol. The lowest BCUT2D eigenvalue weighted by atomic mass is 9.98. The lowest BCUT2D eigenvalue weighted by Gasteiger charge is -2.41. The van der Waals surface area contributed by atoms with E-state index in [4.69, 9.17) is 11.6 Å². The number of aryl methyl sites for hydroxylation is 2. The standard InChI is InChI=1S/C16H29ClN4/c1-6-13-9-21(14(8-18-13)7-11(2)3)10-15-16(17)12(4)19-20(15)5/h11,13-14,18H,6-10H2,1-5H3. The first-order valence-electron chi connectivity index (χ1n) is 8.07. The van der Waals surface area contributed by atoms with Gasteiger partial charge in [0.15, 0.2) is 0 Å². The molecule has 0 radical (unpaired) electrons. The van der Waals surface area contributed by atoms with E-state index in [1.165, 1.54) is 12.8 Å². The van der Waals surface area contributed by atoms with Gasteiger partial charge in [-0.05, 0) is 25.7 Å². The lowest BCUT2D eigenvalue weighted by Crippen LogP contribution is -2.56. The van der Waals surface area contributed by atoms with Crippen LogP contribution in [0.5, 0.6) is 0 Å². The van der Waals surface area contributed by atoms with E-state index in [-0.39, 0.29) is 0 Å². The van der Waals surface area contributed by atoms with Crippen LogP contribution >= 0.6 is 11.6 Å². The van der Waals surface area contributed by atoms with Crippen molar-refractivity contribution in [2.24, 2.45) is 13.0 Å². The Morgan fingerprint density at radius 1 is 1.43 bits per heavy atom. The quantitative estimate of drug-likeness (QED) is 0.907. The molecule has 0 aromatic carbocycles. The smallest absolute Gasteiger partial charge is 0.0860 e. The summed E-state index contributed by atoms with van der Waals surface area (Å²) in [5.74, 6) is 0.709. The van der Waals surface area contributed by atoms with E-state index in [9.17, 15) is 0 Å². The van der Waals surface area contributed by atoms with Crippen LogP contribution < -0.4 is 5.32 Å². The molecule has 1 saturated heterocycles. The van der Waals surface area contributed by atoms with E-state index >= 15 is 0 Å². The summed E-state index contributed by atoms with van der Waals surface area (Å²) in [7, 11) is 1.99. The molecule has 120 valence electrons. The third-order valence-electron chi connectivity index (χ3n) is 4.46. The van der Waals surface area contributed by atoms with Crippen molar-refractivity contribution in [1.82, 2.24) is 20.0 Å². The number of aromatic nitrogens is 2. The van der Waals surface area contributed by atoms with E-state index < -0.39 is 0 Å². The molecule has 2 heterocycles. The number of rotatable bonds is 5. The molecule has 21 heavy (non-hydrogen) atoms. The molecule has 1 aliphatic rings. The zero-order valence-electron chi connectivity index (χ0n) is 14.0. The zero-order valence-corrected chi connectivity index (χ0v) is 14.7. The number of nitrogens with one attached hydrogen (secondary N) is 1. The molecule has 0 amide bonds. The highest BCUT2D eigenvalue weighted by atomic mass is 35.5. The fraction of sp³-hybridized carbons (Fsp3) is 0.812. The molecule has 1 N–H and O–H groups in total. The topological polar surface area (TPSA) is 33.1 Å². The largest absolute Gasteiger partial charge is 0.311 e. The van der Waals surface area contributed by atoms with Crippen molar-refractivity contribution in [3.63, 3.8) is 0 Å². The van der Waals surface area contributed by atoms with Gasteiger partial charge in [-0.3, -0.25) is 9.58 Å². The van der Waals surface area contributed by atoms with Gasteiger partial charge in [-0.1, -0.05) is 32.4 Å². The molecular formula is C16H29ClN4. The summed E-state index contributed by atoms with van der Waals surface area (Å²) in [5.41, 5.74) is 2.07. The minimum Gasteiger partial charge on any atom is -0.311 e. The summed E-state index contributed by atoms with van der Waals surface area (Å²) in [5, 5.41) is 8.95. The van der Waals surface area contributed by atoms with Crippen LogP contribution in [0.1, 0.15) is 45.0 Å². The Morgan fingerprint density at radius 2 is 2.14 bits per heavy atom. The van der Waals surface area contributed by atoms with Crippen LogP contribution in [-0.2, 0) is 13.6 Å². The number of hydrogen-bond acceptors (Lipinski definition) is 3. The molecule has 0 bridgehead atoms. The van der Waals surface area contributed by atoms with Crippen LogP contribution in [0.25, 0.3) is 0 Å². The van der Waals surface area contributed by atoms with Crippen molar-refractivity contribution in [3.8, 4) is 0 Å². The maximum absolute atomic E-state index is 6.43. The molecule has 4 nitrogen and oxygen atoms in total. The Bertz CT molecular complexity index is 469. The molecule has 1 aliphatic heterocycles. The predicted octanol–water partition coefficient (Wildman–Crippen LogP) is 2.98. The van der Waals surface area contributed by atoms with Crippen molar-refractivity contribution in [3.05, 3.63) is 16.4 Å². The Labute approximate surface area is 133 Å². The monoisotopic (exact) mass is 312 g/mol. The fourth-order valence-corrected chi connectivity index (χ4v) is 3.44. The van der Waals surface area contributed by atoms with Gasteiger partial charge in [0, 0.05) is 38.8 Å². The molecule has 5 heteroatoms. The molecule has 2 rings (SSSR count). The van der Waals surface area contributed by atoms with Gasteiger partial charge in [0.25, 0.3) is 0 Å². The molecule has 2 atom stereocenters. The van der Waals surface area contributed by atoms with Crippen LogP contribution in [0.2, 0.25) is 5.02 Å². The summed E-state index contributed by atoms with van der Waals surface area (Å²) in [6.07, 6.45) is 2.39. The highest BCUT2D eigenvalue weighted by Gasteiger charge is 2.29. The van der Waals surface area contributed by atoms with Crippen LogP contribution in [0.3, 0.4) is 0 Å². The molecule has 1 fully saturated rings. The highest BCUT2D eigenvalue weighted by Crippen LogP contribution is 2.24. The summed E-state index contributed by atoms with van der Waals surface area (Å²) in [6.45, 7) is 11.9. The maximum Gasteiger partial charge on any atom is 0.0860 e. The molecule has 0 aliphatic carbocycles. The van der Waals surface area contributed by atoms with Crippen LogP contribution in [0.4, 0.5) is 0 Å². The second kappa shape index (κ2) is 7.12. The Hall–Kier alpha value is -0.580. The average Bonchev–Trinajstić information content (AvgIpc) is 2.66. The predicted molar refractivity (Wildman–Crippen MR) is 88.7 cm³/mol. The second-order valence-electron chi connectivity index (χ2n) is 6.70. The zero-order chi connectivity index (χ0) is 15.6. The van der Waals surface area contributed by atoms with Crippen molar-refractivity contribution in [2.75, 3.05) is 13.1 Å². The normalized spacial score (nSPS) is 24.0. The minimum absolute atomic E-state index is 0.582. The Kier molecular flexibility index (Phi) is 5.69. The van der Waals surface area contributed by atoms with Crippen molar-refractivity contribution < 1.29 is 0 Å². The van der Waals surface area contributed by atoms with E-state index in [1.54, 1.807) is 0 Å². The lowest BCUT2D eigenvalue weighted by molar-refractivity contribution is 0.103. The van der Waals surface area contributed by atoms with Gasteiger partial charge < -0.3 is 5.32 Å². The Balaban J connectivity index is 2.15. The third kappa shape index (κ3) is 3.99. The molecule has 1 aromatic heterocycles. The SMILES string of the molecule is CCC1CN(Cc2c(Cl)c(C)nn2C)C(CC(C)C)CN1. The number of piperazine rings is 1. The van der Waals surface area contributed by atoms with Gasteiger partial charge in [0.05, 0.1) is 16.4 Å². The molecule has 1 aromatic rings. The first kappa shape index (κ1) is 16.8. The number of hydrogen-bond donors (Lipinski definition) is 1. The maximum atomic E-state index is 6.43. The number of halogens is 1. The summed E-state index contributed by atoms with van der Waals surface area (Å²) in [4.78, 5) is 2.59. The highest BCUT2D eigenvalue weighted by molar-refractivity contribution is 6.31. The van der Waals surface area contributed by atoms with Gasteiger partial charge in [-0.15, -0.1) is 0 Å². The third-order valence-corrected chi connectivity index (χ3v) is 4.96. The first-order valence-corrected chi connectivity index (χ1v) is 8.45. The second-order valence-corrected chi connectivity index (χ2v) is 7.07. The minimum atomic E-state index is 0.582. The van der Waals surface area contributed by atoms with E-state index in [0.29, 0.717) is 18.0 Å². The molecule has 0 spiro atoms. The fourth-order valence-electron chi connectivity index (χ4n) is 3.22. The van der Waals surface area contributed by atoms with Crippen LogP contribution in [0, 0.1) is 12.8 Å². The van der Waals surface area contributed by atoms with Gasteiger partial charge in [0.2, 0.25) is 0 Å². The van der Waals surface area contributed by atoms with Crippen LogP contribution in [-0.4, -0.2) is 39.9 Å². The first-order chi connectivity index (χ1) is 9.92. The van der Waals surface area contributed by atoms with Gasteiger partial charge in [-0.2, -0.15) is 5.10 Å². The van der Waals surface area contributed by atoms with Gasteiger partial charge in [0.1, 0.15) is 0 Å². The molecule has 2 unspecified atom stereocenters. The number of nitrogens with zero attached hydrogens (tertiary/aromatic N) is 3. The van der Waals surface area contributed by atoms with Crippen molar-refractivity contribution in [2.45, 2.75) is 59.2 Å². The summed E-state index contributed by atoms with van der Waals surface area (Å²) in [6, 6.07) is 1.17. The Morgan fingerprint density at radius 3 is 2.67 bits per heavy atom. The van der Waals surface area contributed by atoms with E-state index in [1.807, 2.05) is 18.7 Å². The summed E-state index contributed by atoms with van der Waals surface area (Å²) < 4.78 is 1.94. The van der Waals surface area contributed by atoms with Crippen molar-refractivity contribution >= 4 is 11.6 Å².